The second-order valence-electron chi connectivity index (χ2n) is 6.16. The lowest BCUT2D eigenvalue weighted by atomic mass is 10.1. The predicted octanol–water partition coefficient (Wildman–Crippen LogP) is 4.40. The third-order valence-electron chi connectivity index (χ3n) is 4.25. The Hall–Kier alpha value is -4.20. The minimum atomic E-state index is -0.589. The van der Waals surface area contributed by atoms with Crippen LogP contribution in [0.2, 0.25) is 0 Å². The van der Waals surface area contributed by atoms with E-state index >= 15 is 0 Å². The Morgan fingerprint density at radius 1 is 1.07 bits per heavy atom. The van der Waals surface area contributed by atoms with Crippen molar-refractivity contribution in [1.29, 1.82) is 0 Å². The van der Waals surface area contributed by atoms with Crippen LogP contribution in [0.1, 0.15) is 16.1 Å². The summed E-state index contributed by atoms with van der Waals surface area (Å²) in [6.45, 7) is 0.103. The van der Waals surface area contributed by atoms with Crippen LogP contribution >= 0.6 is 0 Å². The van der Waals surface area contributed by atoms with Crippen molar-refractivity contribution >= 4 is 11.7 Å². The van der Waals surface area contributed by atoms with Gasteiger partial charge in [0.1, 0.15) is 12.4 Å². The molecule has 0 aliphatic carbocycles. The van der Waals surface area contributed by atoms with Crippen molar-refractivity contribution in [3.8, 4) is 17.0 Å². The molecule has 0 bridgehead atoms. The Bertz CT molecular complexity index is 1130. The quantitative estimate of drug-likeness (QED) is 0.275. The molecule has 0 aliphatic rings. The fourth-order valence-electron chi connectivity index (χ4n) is 2.74. The summed E-state index contributed by atoms with van der Waals surface area (Å²) in [5, 5.41) is 14.9. The standard InChI is InChI=1S/C21H15N3O5/c25-21(28-14-15-2-6-17(7-3-15)23-13-1-12-22-23)20-11-10-19(29-20)16-4-8-18(9-5-16)24(26)27/h1-13H,14H2. The Morgan fingerprint density at radius 2 is 1.83 bits per heavy atom. The number of hydrogen-bond donors (Lipinski definition) is 0. The van der Waals surface area contributed by atoms with E-state index in [9.17, 15) is 14.9 Å². The number of ether oxygens (including phenoxy) is 1. The van der Waals surface area contributed by atoms with Crippen LogP contribution in [0.4, 0.5) is 5.69 Å². The van der Waals surface area contributed by atoms with Crippen molar-refractivity contribution in [3.05, 3.63) is 101 Å². The maximum atomic E-state index is 12.2. The molecular formula is C21H15N3O5. The molecule has 8 nitrogen and oxygen atoms in total. The van der Waals surface area contributed by atoms with Gasteiger partial charge in [0.15, 0.2) is 0 Å². The lowest BCUT2D eigenvalue weighted by molar-refractivity contribution is -0.384. The number of aromatic nitrogens is 2. The SMILES string of the molecule is O=C(OCc1ccc(-n2cccn2)cc1)c1ccc(-c2ccc([N+](=O)[O-])cc2)o1. The average molecular weight is 389 g/mol. The van der Waals surface area contributed by atoms with Gasteiger partial charge in [-0.2, -0.15) is 5.10 Å². The number of furan rings is 1. The zero-order valence-corrected chi connectivity index (χ0v) is 15.1. The number of carbonyl (C=O) groups is 1. The van der Waals surface area contributed by atoms with E-state index in [1.807, 2.05) is 36.5 Å². The average Bonchev–Trinajstić information content (AvgIpc) is 3.45. The maximum absolute atomic E-state index is 12.2. The molecule has 0 atom stereocenters. The van der Waals surface area contributed by atoms with Crippen molar-refractivity contribution < 1.29 is 18.9 Å². The highest BCUT2D eigenvalue weighted by atomic mass is 16.6. The Morgan fingerprint density at radius 3 is 2.48 bits per heavy atom. The third-order valence-corrected chi connectivity index (χ3v) is 4.25. The van der Waals surface area contributed by atoms with E-state index in [0.717, 1.165) is 11.3 Å². The second-order valence-corrected chi connectivity index (χ2v) is 6.16. The first-order valence-corrected chi connectivity index (χ1v) is 8.71. The van der Waals surface area contributed by atoms with Crippen LogP contribution in [0.3, 0.4) is 0 Å². The molecule has 0 N–H and O–H groups in total. The van der Waals surface area contributed by atoms with Gasteiger partial charge < -0.3 is 9.15 Å². The number of nitro benzene ring substituents is 1. The molecular weight excluding hydrogens is 374 g/mol. The van der Waals surface area contributed by atoms with Gasteiger partial charge in [-0.1, -0.05) is 12.1 Å². The number of nitrogens with zero attached hydrogens (tertiary/aromatic N) is 3. The summed E-state index contributed by atoms with van der Waals surface area (Å²) in [6.07, 6.45) is 3.54. The molecule has 29 heavy (non-hydrogen) atoms. The summed E-state index contributed by atoms with van der Waals surface area (Å²) in [5.41, 5.74) is 2.35. The minimum Gasteiger partial charge on any atom is -0.455 e. The van der Waals surface area contributed by atoms with E-state index in [4.69, 9.17) is 9.15 Å². The van der Waals surface area contributed by atoms with E-state index < -0.39 is 10.9 Å². The highest BCUT2D eigenvalue weighted by Gasteiger charge is 2.15. The molecule has 0 fully saturated rings. The second kappa shape index (κ2) is 7.81. The van der Waals surface area contributed by atoms with Gasteiger partial charge in [-0.25, -0.2) is 9.48 Å². The van der Waals surface area contributed by atoms with E-state index in [1.165, 1.54) is 18.2 Å². The number of hydrogen-bond acceptors (Lipinski definition) is 6. The molecule has 4 aromatic rings. The monoisotopic (exact) mass is 389 g/mol. The van der Waals surface area contributed by atoms with Gasteiger partial charge in [0.2, 0.25) is 5.76 Å². The van der Waals surface area contributed by atoms with Crippen molar-refractivity contribution in [2.24, 2.45) is 0 Å². The molecule has 2 heterocycles. The Balaban J connectivity index is 1.38. The lowest BCUT2D eigenvalue weighted by Gasteiger charge is -2.05. The van der Waals surface area contributed by atoms with E-state index in [1.54, 1.807) is 29.1 Å². The zero-order valence-electron chi connectivity index (χ0n) is 15.1. The number of esters is 1. The van der Waals surface area contributed by atoms with E-state index in [-0.39, 0.29) is 18.1 Å². The molecule has 0 radical (unpaired) electrons. The summed E-state index contributed by atoms with van der Waals surface area (Å²) in [4.78, 5) is 22.5. The predicted molar refractivity (Wildman–Crippen MR) is 103 cm³/mol. The number of carbonyl (C=O) groups excluding carboxylic acids is 1. The van der Waals surface area contributed by atoms with E-state index in [0.29, 0.717) is 11.3 Å². The summed E-state index contributed by atoms with van der Waals surface area (Å²) in [5.74, 6) is -0.101. The van der Waals surface area contributed by atoms with Crippen molar-refractivity contribution in [2.45, 2.75) is 6.61 Å². The van der Waals surface area contributed by atoms with Crippen LogP contribution in [0.25, 0.3) is 17.0 Å². The Kier molecular flexibility index (Phi) is 4.90. The molecule has 0 unspecified atom stereocenters. The molecule has 8 heteroatoms. The van der Waals surface area contributed by atoms with Gasteiger partial charge in [-0.05, 0) is 48.0 Å². The van der Waals surface area contributed by atoms with Crippen molar-refractivity contribution in [1.82, 2.24) is 9.78 Å². The highest BCUT2D eigenvalue weighted by molar-refractivity contribution is 5.87. The summed E-state index contributed by atoms with van der Waals surface area (Å²) < 4.78 is 12.6. The summed E-state index contributed by atoms with van der Waals surface area (Å²) >= 11 is 0. The topological polar surface area (TPSA) is 100 Å². The molecule has 4 rings (SSSR count). The van der Waals surface area contributed by atoms with Crippen LogP contribution in [-0.4, -0.2) is 20.7 Å². The molecule has 0 amide bonds. The van der Waals surface area contributed by atoms with Crippen molar-refractivity contribution in [3.63, 3.8) is 0 Å². The first kappa shape index (κ1) is 18.2. The highest BCUT2D eigenvalue weighted by Crippen LogP contribution is 2.25. The maximum Gasteiger partial charge on any atom is 0.374 e. The molecule has 0 saturated heterocycles. The first-order valence-electron chi connectivity index (χ1n) is 8.71. The van der Waals surface area contributed by atoms with Gasteiger partial charge in [0.25, 0.3) is 5.69 Å². The largest absolute Gasteiger partial charge is 0.455 e. The van der Waals surface area contributed by atoms with Crippen molar-refractivity contribution in [2.75, 3.05) is 0 Å². The number of rotatable bonds is 6. The van der Waals surface area contributed by atoms with Gasteiger partial charge >= 0.3 is 5.97 Å². The van der Waals surface area contributed by atoms with E-state index in [2.05, 4.69) is 5.10 Å². The van der Waals surface area contributed by atoms with Crippen LogP contribution in [0, 0.1) is 10.1 Å². The fourth-order valence-corrected chi connectivity index (χ4v) is 2.74. The molecule has 0 saturated carbocycles. The fraction of sp³-hybridized carbons (Fsp3) is 0.0476. The number of benzene rings is 2. The van der Waals surface area contributed by atoms with Crippen LogP contribution < -0.4 is 0 Å². The van der Waals surface area contributed by atoms with Gasteiger partial charge in [-0.3, -0.25) is 10.1 Å². The molecule has 2 aromatic heterocycles. The number of nitro groups is 1. The third kappa shape index (κ3) is 4.06. The van der Waals surface area contributed by atoms with Gasteiger partial charge in [-0.15, -0.1) is 0 Å². The molecule has 0 spiro atoms. The molecule has 2 aromatic carbocycles. The minimum absolute atomic E-state index is 0.0153. The lowest BCUT2D eigenvalue weighted by Crippen LogP contribution is -2.04. The zero-order chi connectivity index (χ0) is 20.2. The van der Waals surface area contributed by atoms with Gasteiger partial charge in [0, 0.05) is 30.1 Å². The molecule has 0 aliphatic heterocycles. The normalized spacial score (nSPS) is 10.6. The smallest absolute Gasteiger partial charge is 0.374 e. The number of non-ortho nitro benzene ring substituents is 1. The van der Waals surface area contributed by atoms with Crippen LogP contribution in [0.5, 0.6) is 0 Å². The van der Waals surface area contributed by atoms with Gasteiger partial charge in [0.05, 0.1) is 10.6 Å². The van der Waals surface area contributed by atoms with Crippen LogP contribution in [-0.2, 0) is 11.3 Å². The summed E-state index contributed by atoms with van der Waals surface area (Å²) in [6, 6.07) is 18.3. The first-order chi connectivity index (χ1) is 14.1. The van der Waals surface area contributed by atoms with Crippen LogP contribution in [0.15, 0.2) is 83.5 Å². The Labute approximate surface area is 165 Å². The summed E-state index contributed by atoms with van der Waals surface area (Å²) in [7, 11) is 0. The molecule has 144 valence electrons.